The Hall–Kier alpha value is -1.84. The number of rotatable bonds is 3. The quantitative estimate of drug-likeness (QED) is 0.717. The standard InChI is InChI=1S/C28H40N2O/c1-25(2,3)21-13-15-22(16-14-21)28(31)26(4,5)24(27(28,6)7)30-19-17-29(18-20-30)23-11-9-8-10-12-23/h8-16,24,31H,17-20H2,1-7H3. The molecule has 1 saturated carbocycles. The van der Waals surface area contributed by atoms with Gasteiger partial charge in [0.15, 0.2) is 0 Å². The summed E-state index contributed by atoms with van der Waals surface area (Å²) in [5.74, 6) is 0. The molecule has 1 N–H and O–H groups in total. The maximum atomic E-state index is 12.1. The van der Waals surface area contributed by atoms with Crippen molar-refractivity contribution >= 4 is 5.69 Å². The SMILES string of the molecule is CC(C)(C)c1ccc(C2(O)C(C)(C)C(N3CCN(c4ccccc4)CC3)C2(C)C)cc1. The fourth-order valence-electron chi connectivity index (χ4n) is 6.80. The second kappa shape index (κ2) is 7.35. The zero-order valence-electron chi connectivity index (χ0n) is 20.4. The average molecular weight is 421 g/mol. The van der Waals surface area contributed by atoms with Crippen molar-refractivity contribution in [3.8, 4) is 0 Å². The Morgan fingerprint density at radius 1 is 0.774 bits per heavy atom. The van der Waals surface area contributed by atoms with Gasteiger partial charge in [0, 0.05) is 48.7 Å². The molecule has 2 aromatic carbocycles. The Morgan fingerprint density at radius 3 is 1.77 bits per heavy atom. The van der Waals surface area contributed by atoms with Gasteiger partial charge in [-0.05, 0) is 28.7 Å². The van der Waals surface area contributed by atoms with Crippen LogP contribution in [0, 0.1) is 10.8 Å². The average Bonchev–Trinajstić information content (AvgIpc) is 2.73. The van der Waals surface area contributed by atoms with Crippen LogP contribution in [0.1, 0.15) is 59.6 Å². The van der Waals surface area contributed by atoms with Crippen LogP contribution in [0.15, 0.2) is 54.6 Å². The predicted octanol–water partition coefficient (Wildman–Crippen LogP) is 5.43. The van der Waals surface area contributed by atoms with E-state index in [1.165, 1.54) is 11.3 Å². The lowest BCUT2D eigenvalue weighted by molar-refractivity contribution is -0.307. The van der Waals surface area contributed by atoms with Crippen LogP contribution in [0.3, 0.4) is 0 Å². The molecule has 0 bridgehead atoms. The molecule has 0 atom stereocenters. The number of aliphatic hydroxyl groups is 1. The molecule has 4 rings (SSSR count). The van der Waals surface area contributed by atoms with E-state index < -0.39 is 5.60 Å². The molecule has 1 aliphatic carbocycles. The van der Waals surface area contributed by atoms with Crippen LogP contribution in [0.25, 0.3) is 0 Å². The van der Waals surface area contributed by atoms with Gasteiger partial charge in [-0.15, -0.1) is 0 Å². The number of piperazine rings is 1. The molecule has 2 aromatic rings. The third-order valence-electron chi connectivity index (χ3n) is 8.20. The van der Waals surface area contributed by atoms with Crippen LogP contribution in [-0.4, -0.2) is 42.2 Å². The van der Waals surface area contributed by atoms with Crippen molar-refractivity contribution in [3.63, 3.8) is 0 Å². The molecule has 1 saturated heterocycles. The van der Waals surface area contributed by atoms with Gasteiger partial charge in [-0.2, -0.15) is 0 Å². The highest BCUT2D eigenvalue weighted by atomic mass is 16.3. The van der Waals surface area contributed by atoms with Crippen molar-refractivity contribution in [1.29, 1.82) is 0 Å². The highest BCUT2D eigenvalue weighted by molar-refractivity contribution is 5.46. The molecule has 3 nitrogen and oxygen atoms in total. The van der Waals surface area contributed by atoms with E-state index in [9.17, 15) is 5.11 Å². The van der Waals surface area contributed by atoms with E-state index in [2.05, 4.69) is 113 Å². The summed E-state index contributed by atoms with van der Waals surface area (Å²) in [6.45, 7) is 19.9. The second-order valence-corrected chi connectivity index (χ2v) is 11.7. The van der Waals surface area contributed by atoms with Crippen molar-refractivity contribution in [1.82, 2.24) is 4.90 Å². The lowest BCUT2D eigenvalue weighted by Crippen LogP contribution is -2.79. The van der Waals surface area contributed by atoms with E-state index in [1.54, 1.807) is 0 Å². The number of para-hydroxylation sites is 1. The second-order valence-electron chi connectivity index (χ2n) is 11.7. The number of hydrogen-bond acceptors (Lipinski definition) is 3. The molecule has 31 heavy (non-hydrogen) atoms. The molecule has 0 spiro atoms. The number of hydrogen-bond donors (Lipinski definition) is 1. The van der Waals surface area contributed by atoms with Crippen molar-refractivity contribution in [2.75, 3.05) is 31.1 Å². The summed E-state index contributed by atoms with van der Waals surface area (Å²) in [5.41, 5.74) is 2.48. The molecular weight excluding hydrogens is 380 g/mol. The molecule has 168 valence electrons. The summed E-state index contributed by atoms with van der Waals surface area (Å²) < 4.78 is 0. The molecule has 2 fully saturated rings. The Balaban J connectivity index is 1.54. The summed E-state index contributed by atoms with van der Waals surface area (Å²) in [5, 5.41) is 12.1. The molecule has 2 aliphatic rings. The van der Waals surface area contributed by atoms with E-state index in [0.29, 0.717) is 6.04 Å². The third kappa shape index (κ3) is 3.32. The zero-order valence-corrected chi connectivity index (χ0v) is 20.4. The molecule has 0 radical (unpaired) electrons. The van der Waals surface area contributed by atoms with E-state index >= 15 is 0 Å². The van der Waals surface area contributed by atoms with Crippen LogP contribution >= 0.6 is 0 Å². The first kappa shape index (κ1) is 22.4. The van der Waals surface area contributed by atoms with Gasteiger partial charge < -0.3 is 10.0 Å². The Labute approximate surface area is 189 Å². The molecular formula is C28H40N2O. The van der Waals surface area contributed by atoms with Gasteiger partial charge in [0.25, 0.3) is 0 Å². The fourth-order valence-corrected chi connectivity index (χ4v) is 6.80. The minimum Gasteiger partial charge on any atom is -0.384 e. The van der Waals surface area contributed by atoms with Crippen LogP contribution in [-0.2, 0) is 11.0 Å². The first-order chi connectivity index (χ1) is 14.4. The molecule has 1 heterocycles. The third-order valence-corrected chi connectivity index (χ3v) is 8.20. The van der Waals surface area contributed by atoms with Gasteiger partial charge in [0.2, 0.25) is 0 Å². The van der Waals surface area contributed by atoms with Crippen molar-refractivity contribution in [2.24, 2.45) is 10.8 Å². The fraction of sp³-hybridized carbons (Fsp3) is 0.571. The molecule has 3 heteroatoms. The normalized spacial score (nSPS) is 28.3. The smallest absolute Gasteiger partial charge is 0.103 e. The van der Waals surface area contributed by atoms with Gasteiger partial charge in [0.05, 0.1) is 0 Å². The molecule has 0 aromatic heterocycles. The Kier molecular flexibility index (Phi) is 5.30. The highest BCUT2D eigenvalue weighted by Gasteiger charge is 2.73. The first-order valence-electron chi connectivity index (χ1n) is 11.8. The van der Waals surface area contributed by atoms with Crippen molar-refractivity contribution in [3.05, 3.63) is 65.7 Å². The van der Waals surface area contributed by atoms with Crippen LogP contribution in [0.2, 0.25) is 0 Å². The summed E-state index contributed by atoms with van der Waals surface area (Å²) in [6, 6.07) is 19.8. The summed E-state index contributed by atoms with van der Waals surface area (Å²) in [4.78, 5) is 5.10. The minimum atomic E-state index is -0.850. The van der Waals surface area contributed by atoms with Gasteiger partial charge in [-0.3, -0.25) is 4.90 Å². The number of benzene rings is 2. The van der Waals surface area contributed by atoms with Crippen LogP contribution in [0.5, 0.6) is 0 Å². The number of nitrogens with zero attached hydrogens (tertiary/aromatic N) is 2. The van der Waals surface area contributed by atoms with Crippen LogP contribution in [0.4, 0.5) is 5.69 Å². The molecule has 1 aliphatic heterocycles. The zero-order chi connectivity index (χ0) is 22.7. The van der Waals surface area contributed by atoms with Crippen LogP contribution < -0.4 is 4.90 Å². The van der Waals surface area contributed by atoms with Gasteiger partial charge >= 0.3 is 0 Å². The Bertz CT molecular complexity index is 884. The van der Waals surface area contributed by atoms with Gasteiger partial charge in [-0.1, -0.05) is 90.9 Å². The van der Waals surface area contributed by atoms with Gasteiger partial charge in [-0.25, -0.2) is 0 Å². The van der Waals surface area contributed by atoms with Crippen molar-refractivity contribution in [2.45, 2.75) is 65.5 Å². The molecule has 0 amide bonds. The van der Waals surface area contributed by atoms with E-state index in [0.717, 1.165) is 31.7 Å². The number of anilines is 1. The topological polar surface area (TPSA) is 26.7 Å². The van der Waals surface area contributed by atoms with E-state index in [-0.39, 0.29) is 16.2 Å². The lowest BCUT2D eigenvalue weighted by Gasteiger charge is -2.72. The summed E-state index contributed by atoms with van der Waals surface area (Å²) in [7, 11) is 0. The van der Waals surface area contributed by atoms with Gasteiger partial charge in [0.1, 0.15) is 5.60 Å². The largest absolute Gasteiger partial charge is 0.384 e. The highest BCUT2D eigenvalue weighted by Crippen LogP contribution is 2.68. The lowest BCUT2D eigenvalue weighted by atomic mass is 9.39. The maximum Gasteiger partial charge on any atom is 0.103 e. The predicted molar refractivity (Wildman–Crippen MR) is 131 cm³/mol. The molecule has 0 unspecified atom stereocenters. The summed E-state index contributed by atoms with van der Waals surface area (Å²) in [6.07, 6.45) is 0. The minimum absolute atomic E-state index is 0.118. The first-order valence-corrected chi connectivity index (χ1v) is 11.8. The Morgan fingerprint density at radius 2 is 1.29 bits per heavy atom. The maximum absolute atomic E-state index is 12.1. The van der Waals surface area contributed by atoms with Crippen molar-refractivity contribution < 1.29 is 5.11 Å². The van der Waals surface area contributed by atoms with E-state index in [4.69, 9.17) is 0 Å². The summed E-state index contributed by atoms with van der Waals surface area (Å²) >= 11 is 0. The van der Waals surface area contributed by atoms with E-state index in [1.807, 2.05) is 0 Å². The monoisotopic (exact) mass is 420 g/mol.